The van der Waals surface area contributed by atoms with Gasteiger partial charge in [-0.2, -0.15) is 0 Å². The maximum absolute atomic E-state index is 4.00. The summed E-state index contributed by atoms with van der Waals surface area (Å²) in [5.41, 5.74) is 3.69. The Morgan fingerprint density at radius 2 is 1.83 bits per heavy atom. The fraction of sp³-hybridized carbons (Fsp3) is 0.182. The molecule has 1 heteroatoms. The van der Waals surface area contributed by atoms with Gasteiger partial charge in [-0.3, -0.25) is 4.99 Å². The van der Waals surface area contributed by atoms with Crippen LogP contribution in [0.1, 0.15) is 16.7 Å². The Hall–Kier alpha value is -1.37. The molecule has 0 saturated carbocycles. The number of hydrogen-bond donors (Lipinski definition) is 0. The molecule has 0 aromatic heterocycles. The number of aliphatic imine (C=N–C) groups is 1. The van der Waals surface area contributed by atoms with Crippen molar-refractivity contribution in [3.8, 4) is 0 Å². The first kappa shape index (κ1) is 8.72. The fourth-order valence-corrected chi connectivity index (χ4v) is 1.16. The predicted molar refractivity (Wildman–Crippen MR) is 53.7 cm³/mol. The Morgan fingerprint density at radius 1 is 1.25 bits per heavy atom. The van der Waals surface area contributed by atoms with Gasteiger partial charge in [0.05, 0.1) is 0 Å². The van der Waals surface area contributed by atoms with E-state index in [1.807, 2.05) is 6.21 Å². The normalized spacial score (nSPS) is 10.5. The molecule has 0 N–H and O–H groups in total. The average Bonchev–Trinajstić information content (AvgIpc) is 2.04. The number of nitrogens with zero attached hydrogens (tertiary/aromatic N) is 1. The third-order valence-electron chi connectivity index (χ3n) is 1.85. The minimum atomic E-state index is 1.19. The van der Waals surface area contributed by atoms with Gasteiger partial charge in [-0.1, -0.05) is 24.8 Å². The third-order valence-corrected chi connectivity index (χ3v) is 1.85. The van der Waals surface area contributed by atoms with Crippen LogP contribution in [-0.4, -0.2) is 6.21 Å². The predicted octanol–water partition coefficient (Wildman–Crippen LogP) is 2.87. The molecule has 0 aliphatic carbocycles. The van der Waals surface area contributed by atoms with Gasteiger partial charge in [0.25, 0.3) is 0 Å². The van der Waals surface area contributed by atoms with Gasteiger partial charge in [-0.05, 0) is 30.5 Å². The van der Waals surface area contributed by atoms with Crippen molar-refractivity contribution in [2.75, 3.05) is 0 Å². The maximum Gasteiger partial charge on any atom is 0.0345 e. The largest absolute Gasteiger partial charge is 0.265 e. The van der Waals surface area contributed by atoms with E-state index in [1.165, 1.54) is 16.7 Å². The summed E-state index contributed by atoms with van der Waals surface area (Å²) in [6.07, 6.45) is 3.39. The van der Waals surface area contributed by atoms with Crippen molar-refractivity contribution >= 4 is 6.21 Å². The SMILES string of the molecule is C=C/N=C\c1c(C)cccc1C. The van der Waals surface area contributed by atoms with Crippen molar-refractivity contribution in [1.82, 2.24) is 0 Å². The quantitative estimate of drug-likeness (QED) is 0.588. The second-order valence-electron chi connectivity index (χ2n) is 2.77. The molecule has 12 heavy (non-hydrogen) atoms. The molecular weight excluding hydrogens is 146 g/mol. The summed E-state index contributed by atoms with van der Waals surface area (Å²) >= 11 is 0. The van der Waals surface area contributed by atoms with Gasteiger partial charge in [0.2, 0.25) is 0 Å². The summed E-state index contributed by atoms with van der Waals surface area (Å²) in [6.45, 7) is 7.70. The monoisotopic (exact) mass is 159 g/mol. The first-order valence-corrected chi connectivity index (χ1v) is 3.96. The van der Waals surface area contributed by atoms with Crippen LogP contribution in [0.3, 0.4) is 0 Å². The van der Waals surface area contributed by atoms with Gasteiger partial charge in [-0.15, -0.1) is 0 Å². The molecule has 0 bridgehead atoms. The summed E-state index contributed by atoms with van der Waals surface area (Å²) in [5.74, 6) is 0. The molecule has 0 unspecified atom stereocenters. The van der Waals surface area contributed by atoms with Crippen LogP contribution in [0.5, 0.6) is 0 Å². The second kappa shape index (κ2) is 3.86. The summed E-state index contributed by atoms with van der Waals surface area (Å²) in [4.78, 5) is 4.00. The lowest BCUT2D eigenvalue weighted by Crippen LogP contribution is -1.90. The van der Waals surface area contributed by atoms with Crippen LogP contribution < -0.4 is 0 Å². The smallest absolute Gasteiger partial charge is 0.0345 e. The lowest BCUT2D eigenvalue weighted by Gasteiger charge is -2.02. The van der Waals surface area contributed by atoms with E-state index >= 15 is 0 Å². The van der Waals surface area contributed by atoms with Crippen molar-refractivity contribution in [1.29, 1.82) is 0 Å². The van der Waals surface area contributed by atoms with Crippen LogP contribution >= 0.6 is 0 Å². The van der Waals surface area contributed by atoms with E-state index in [-0.39, 0.29) is 0 Å². The van der Waals surface area contributed by atoms with E-state index in [2.05, 4.69) is 43.6 Å². The van der Waals surface area contributed by atoms with Gasteiger partial charge in [0.1, 0.15) is 0 Å². The Bertz CT molecular complexity index is 291. The zero-order chi connectivity index (χ0) is 8.97. The maximum atomic E-state index is 4.00. The summed E-state index contributed by atoms with van der Waals surface area (Å²) < 4.78 is 0. The molecule has 0 heterocycles. The van der Waals surface area contributed by atoms with Crippen LogP contribution in [0.4, 0.5) is 0 Å². The van der Waals surface area contributed by atoms with Gasteiger partial charge < -0.3 is 0 Å². The Kier molecular flexibility index (Phi) is 2.81. The van der Waals surface area contributed by atoms with E-state index < -0.39 is 0 Å². The van der Waals surface area contributed by atoms with Crippen molar-refractivity contribution in [3.63, 3.8) is 0 Å². The molecule has 1 rings (SSSR count). The van der Waals surface area contributed by atoms with E-state index in [0.29, 0.717) is 0 Å². The number of benzene rings is 1. The van der Waals surface area contributed by atoms with Crippen molar-refractivity contribution in [2.45, 2.75) is 13.8 Å². The lowest BCUT2D eigenvalue weighted by molar-refractivity contribution is 1.36. The van der Waals surface area contributed by atoms with Crippen LogP contribution in [0.2, 0.25) is 0 Å². The standard InChI is InChI=1S/C11H13N/c1-4-12-8-11-9(2)6-5-7-10(11)3/h4-8H,1H2,2-3H3/b12-8-. The molecule has 0 radical (unpaired) electrons. The first-order chi connectivity index (χ1) is 5.75. The highest BCUT2D eigenvalue weighted by Gasteiger charge is 1.96. The summed E-state index contributed by atoms with van der Waals surface area (Å²) in [6, 6.07) is 6.21. The zero-order valence-electron chi connectivity index (χ0n) is 7.54. The molecule has 0 aliphatic heterocycles. The molecule has 1 aromatic rings. The molecule has 0 amide bonds. The molecule has 1 aromatic carbocycles. The van der Waals surface area contributed by atoms with Crippen molar-refractivity contribution in [2.24, 2.45) is 4.99 Å². The molecular formula is C11H13N. The fourth-order valence-electron chi connectivity index (χ4n) is 1.16. The lowest BCUT2D eigenvalue weighted by atomic mass is 10.0. The van der Waals surface area contributed by atoms with Crippen molar-refractivity contribution < 1.29 is 0 Å². The van der Waals surface area contributed by atoms with Crippen LogP contribution in [0.15, 0.2) is 36.0 Å². The highest BCUT2D eigenvalue weighted by atomic mass is 14.7. The van der Waals surface area contributed by atoms with E-state index in [0.717, 1.165) is 0 Å². The molecule has 0 atom stereocenters. The molecule has 0 aliphatic rings. The first-order valence-electron chi connectivity index (χ1n) is 3.96. The van der Waals surface area contributed by atoms with E-state index in [4.69, 9.17) is 0 Å². The van der Waals surface area contributed by atoms with E-state index in [1.54, 1.807) is 6.20 Å². The molecule has 1 nitrogen and oxygen atoms in total. The number of rotatable bonds is 2. The summed E-state index contributed by atoms with van der Waals surface area (Å²) in [7, 11) is 0. The topological polar surface area (TPSA) is 12.4 Å². The van der Waals surface area contributed by atoms with Gasteiger partial charge in [-0.25, -0.2) is 0 Å². The Balaban J connectivity index is 3.12. The molecule has 0 saturated heterocycles. The highest BCUT2D eigenvalue weighted by molar-refractivity contribution is 5.83. The van der Waals surface area contributed by atoms with Gasteiger partial charge in [0.15, 0.2) is 0 Å². The summed E-state index contributed by atoms with van der Waals surface area (Å²) in [5, 5.41) is 0. The van der Waals surface area contributed by atoms with Crippen LogP contribution in [-0.2, 0) is 0 Å². The average molecular weight is 159 g/mol. The Labute approximate surface area is 73.5 Å². The minimum Gasteiger partial charge on any atom is -0.265 e. The number of hydrogen-bond acceptors (Lipinski definition) is 1. The Morgan fingerprint density at radius 3 is 2.33 bits per heavy atom. The molecule has 0 fully saturated rings. The third kappa shape index (κ3) is 1.82. The zero-order valence-corrected chi connectivity index (χ0v) is 7.54. The molecule has 62 valence electrons. The highest BCUT2D eigenvalue weighted by Crippen LogP contribution is 2.10. The molecule has 0 spiro atoms. The van der Waals surface area contributed by atoms with Crippen LogP contribution in [0, 0.1) is 13.8 Å². The van der Waals surface area contributed by atoms with Gasteiger partial charge in [0, 0.05) is 12.4 Å². The second-order valence-corrected chi connectivity index (χ2v) is 2.77. The van der Waals surface area contributed by atoms with E-state index in [9.17, 15) is 0 Å². The van der Waals surface area contributed by atoms with Gasteiger partial charge >= 0.3 is 0 Å². The van der Waals surface area contributed by atoms with Crippen molar-refractivity contribution in [3.05, 3.63) is 47.7 Å². The van der Waals surface area contributed by atoms with Crippen LogP contribution in [0.25, 0.3) is 0 Å². The number of aryl methyl sites for hydroxylation is 2. The minimum absolute atomic E-state index is 1.19.